The van der Waals surface area contributed by atoms with Gasteiger partial charge in [0, 0.05) is 41.2 Å². The molecule has 1 amide bonds. The summed E-state index contributed by atoms with van der Waals surface area (Å²) >= 11 is 5.92. The number of nitrogens with one attached hydrogen (secondary N) is 2. The minimum atomic E-state index is -0.170. The first kappa shape index (κ1) is 18.8. The quantitative estimate of drug-likeness (QED) is 0.543. The Balaban J connectivity index is 1.67. The van der Waals surface area contributed by atoms with Crippen LogP contribution in [0.15, 0.2) is 60.8 Å². The van der Waals surface area contributed by atoms with Crippen LogP contribution in [-0.4, -0.2) is 34.1 Å². The molecule has 0 fully saturated rings. The van der Waals surface area contributed by atoms with Gasteiger partial charge in [-0.3, -0.25) is 4.79 Å². The number of nitrogens with zero attached hydrogens (tertiary/aromatic N) is 2. The van der Waals surface area contributed by atoms with Gasteiger partial charge in [-0.05, 0) is 48.9 Å². The van der Waals surface area contributed by atoms with E-state index in [1.807, 2.05) is 30.3 Å². The third-order valence-corrected chi connectivity index (χ3v) is 4.07. The minimum Gasteiger partial charge on any atom is -0.396 e. The average Bonchev–Trinajstić information content (AvgIpc) is 2.69. The van der Waals surface area contributed by atoms with Gasteiger partial charge in [-0.25, -0.2) is 9.97 Å². The number of carbonyl (C=O) groups is 1. The third kappa shape index (κ3) is 5.26. The summed E-state index contributed by atoms with van der Waals surface area (Å²) < 4.78 is 0. The van der Waals surface area contributed by atoms with E-state index < -0.39 is 0 Å². The number of rotatable bonds is 7. The molecule has 1 heterocycles. The van der Waals surface area contributed by atoms with Gasteiger partial charge in [-0.2, -0.15) is 0 Å². The predicted molar refractivity (Wildman–Crippen MR) is 106 cm³/mol. The molecular formula is C20H19ClN4O2. The van der Waals surface area contributed by atoms with Crippen molar-refractivity contribution in [2.45, 2.75) is 6.42 Å². The van der Waals surface area contributed by atoms with Gasteiger partial charge in [0.05, 0.1) is 5.69 Å². The molecule has 27 heavy (non-hydrogen) atoms. The number of aliphatic hydroxyl groups excluding tert-OH is 1. The summed E-state index contributed by atoms with van der Waals surface area (Å²) in [7, 11) is 0. The van der Waals surface area contributed by atoms with Crippen molar-refractivity contribution >= 4 is 29.1 Å². The molecule has 2 aromatic carbocycles. The zero-order valence-electron chi connectivity index (χ0n) is 14.5. The van der Waals surface area contributed by atoms with Crippen molar-refractivity contribution in [1.82, 2.24) is 15.3 Å². The zero-order valence-corrected chi connectivity index (χ0v) is 15.3. The highest BCUT2D eigenvalue weighted by Crippen LogP contribution is 2.21. The monoisotopic (exact) mass is 382 g/mol. The number of amides is 1. The fourth-order valence-corrected chi connectivity index (χ4v) is 2.54. The first-order valence-electron chi connectivity index (χ1n) is 8.51. The summed E-state index contributed by atoms with van der Waals surface area (Å²) in [5.74, 6) is 0.290. The number of anilines is 2. The summed E-state index contributed by atoms with van der Waals surface area (Å²) in [6, 6.07) is 16.3. The molecule has 0 saturated heterocycles. The average molecular weight is 383 g/mol. The summed E-state index contributed by atoms with van der Waals surface area (Å²) in [4.78, 5) is 20.7. The number of aromatic nitrogens is 2. The van der Waals surface area contributed by atoms with Crippen molar-refractivity contribution in [3.8, 4) is 11.3 Å². The van der Waals surface area contributed by atoms with Gasteiger partial charge in [-0.15, -0.1) is 0 Å². The smallest absolute Gasteiger partial charge is 0.251 e. The van der Waals surface area contributed by atoms with Crippen molar-refractivity contribution in [2.24, 2.45) is 0 Å². The van der Waals surface area contributed by atoms with Crippen LogP contribution in [0.25, 0.3) is 11.3 Å². The highest BCUT2D eigenvalue weighted by atomic mass is 35.5. The Morgan fingerprint density at radius 1 is 1.04 bits per heavy atom. The van der Waals surface area contributed by atoms with Crippen molar-refractivity contribution in [2.75, 3.05) is 18.5 Å². The molecule has 3 aromatic rings. The number of halogens is 1. The topological polar surface area (TPSA) is 87.1 Å². The van der Waals surface area contributed by atoms with Gasteiger partial charge in [0.2, 0.25) is 5.95 Å². The van der Waals surface area contributed by atoms with E-state index >= 15 is 0 Å². The molecule has 3 rings (SSSR count). The van der Waals surface area contributed by atoms with Crippen molar-refractivity contribution in [3.05, 3.63) is 71.4 Å². The summed E-state index contributed by atoms with van der Waals surface area (Å²) in [6.07, 6.45) is 2.22. The lowest BCUT2D eigenvalue weighted by atomic mass is 10.1. The van der Waals surface area contributed by atoms with E-state index in [9.17, 15) is 4.79 Å². The van der Waals surface area contributed by atoms with Crippen LogP contribution >= 0.6 is 11.6 Å². The molecule has 3 N–H and O–H groups in total. The molecule has 0 radical (unpaired) electrons. The van der Waals surface area contributed by atoms with Crippen molar-refractivity contribution in [1.29, 1.82) is 0 Å². The predicted octanol–water partition coefficient (Wildman–Crippen LogP) is 3.65. The van der Waals surface area contributed by atoms with E-state index in [-0.39, 0.29) is 12.5 Å². The maximum atomic E-state index is 12.0. The number of benzene rings is 2. The molecule has 0 unspecified atom stereocenters. The van der Waals surface area contributed by atoms with Gasteiger partial charge in [0.1, 0.15) is 0 Å². The molecule has 0 aliphatic heterocycles. The van der Waals surface area contributed by atoms with Crippen LogP contribution in [0.3, 0.4) is 0 Å². The molecule has 7 heteroatoms. The molecule has 0 saturated carbocycles. The molecule has 1 aromatic heterocycles. The molecule has 0 bridgehead atoms. The molecule has 6 nitrogen and oxygen atoms in total. The molecule has 0 spiro atoms. The molecule has 138 valence electrons. The van der Waals surface area contributed by atoms with Crippen LogP contribution < -0.4 is 10.6 Å². The Labute approximate surface area is 162 Å². The van der Waals surface area contributed by atoms with Gasteiger partial charge >= 0.3 is 0 Å². The number of hydrogen-bond donors (Lipinski definition) is 3. The standard InChI is InChI=1S/C20H19ClN4O2/c21-16-6-2-14(3-7-16)18-10-12-23-20(25-18)24-17-8-4-15(5-9-17)19(27)22-11-1-13-26/h2-10,12,26H,1,11,13H2,(H,22,27)(H,23,24,25). The van der Waals surface area contributed by atoms with Crippen LogP contribution in [0.2, 0.25) is 5.02 Å². The Hall–Kier alpha value is -2.96. The Bertz CT molecular complexity index is 899. The minimum absolute atomic E-state index is 0.0538. The lowest BCUT2D eigenvalue weighted by molar-refractivity contribution is 0.0951. The number of hydrogen-bond acceptors (Lipinski definition) is 5. The maximum absolute atomic E-state index is 12.0. The normalized spacial score (nSPS) is 10.4. The van der Waals surface area contributed by atoms with Gasteiger partial charge in [0.15, 0.2) is 0 Å². The zero-order chi connectivity index (χ0) is 19.1. The second-order valence-corrected chi connectivity index (χ2v) is 6.24. The van der Waals surface area contributed by atoms with E-state index in [1.165, 1.54) is 0 Å². The van der Waals surface area contributed by atoms with Gasteiger partial charge in [0.25, 0.3) is 5.91 Å². The molecular weight excluding hydrogens is 364 g/mol. The number of carbonyl (C=O) groups excluding carboxylic acids is 1. The van der Waals surface area contributed by atoms with Crippen LogP contribution in [0, 0.1) is 0 Å². The fourth-order valence-electron chi connectivity index (χ4n) is 2.42. The summed E-state index contributed by atoms with van der Waals surface area (Å²) in [5.41, 5.74) is 3.05. The summed E-state index contributed by atoms with van der Waals surface area (Å²) in [6.45, 7) is 0.499. The van der Waals surface area contributed by atoms with Gasteiger partial charge < -0.3 is 15.7 Å². The van der Waals surface area contributed by atoms with Crippen molar-refractivity contribution in [3.63, 3.8) is 0 Å². The molecule has 0 aliphatic carbocycles. The Kier molecular flexibility index (Phi) is 6.35. The first-order chi connectivity index (χ1) is 13.2. The Morgan fingerprint density at radius 3 is 2.48 bits per heavy atom. The molecule has 0 atom stereocenters. The second kappa shape index (κ2) is 9.12. The highest BCUT2D eigenvalue weighted by Gasteiger charge is 2.06. The lowest BCUT2D eigenvalue weighted by Crippen LogP contribution is -2.24. The maximum Gasteiger partial charge on any atom is 0.251 e. The second-order valence-electron chi connectivity index (χ2n) is 5.81. The SMILES string of the molecule is O=C(NCCCO)c1ccc(Nc2nccc(-c3ccc(Cl)cc3)n2)cc1. The molecule has 0 aliphatic rings. The largest absolute Gasteiger partial charge is 0.396 e. The third-order valence-electron chi connectivity index (χ3n) is 3.82. The first-order valence-corrected chi connectivity index (χ1v) is 8.88. The van der Waals surface area contributed by atoms with E-state index in [4.69, 9.17) is 16.7 Å². The van der Waals surface area contributed by atoms with E-state index in [0.717, 1.165) is 16.9 Å². The van der Waals surface area contributed by atoms with Crippen LogP contribution in [0.4, 0.5) is 11.6 Å². The van der Waals surface area contributed by atoms with Crippen LogP contribution in [0.5, 0.6) is 0 Å². The van der Waals surface area contributed by atoms with Crippen molar-refractivity contribution < 1.29 is 9.90 Å². The van der Waals surface area contributed by atoms with E-state index in [2.05, 4.69) is 20.6 Å². The van der Waals surface area contributed by atoms with E-state index in [1.54, 1.807) is 30.5 Å². The lowest BCUT2D eigenvalue weighted by Gasteiger charge is -2.08. The van der Waals surface area contributed by atoms with Crippen LogP contribution in [0.1, 0.15) is 16.8 Å². The van der Waals surface area contributed by atoms with Gasteiger partial charge in [-0.1, -0.05) is 23.7 Å². The highest BCUT2D eigenvalue weighted by molar-refractivity contribution is 6.30. The van der Waals surface area contributed by atoms with E-state index in [0.29, 0.717) is 29.5 Å². The summed E-state index contributed by atoms with van der Waals surface area (Å²) in [5, 5.41) is 15.3. The number of aliphatic hydroxyl groups is 1. The van der Waals surface area contributed by atoms with Crippen LogP contribution in [-0.2, 0) is 0 Å². The fraction of sp³-hybridized carbons (Fsp3) is 0.150. The Morgan fingerprint density at radius 2 is 1.78 bits per heavy atom.